The van der Waals surface area contributed by atoms with Crippen LogP contribution in [0.25, 0.3) is 0 Å². The Balaban J connectivity index is 1.54. The molecule has 0 saturated carbocycles. The maximum atomic E-state index is 12.3. The second-order valence-electron chi connectivity index (χ2n) is 6.14. The first kappa shape index (κ1) is 16.8. The number of rotatable bonds is 7. The van der Waals surface area contributed by atoms with Gasteiger partial charge >= 0.3 is 0 Å². The van der Waals surface area contributed by atoms with E-state index in [-0.39, 0.29) is 5.91 Å². The number of anilines is 1. The molecule has 0 atom stereocenters. The third kappa shape index (κ3) is 3.91. The summed E-state index contributed by atoms with van der Waals surface area (Å²) in [5.74, 6) is 1.25. The van der Waals surface area contributed by atoms with E-state index in [1.807, 2.05) is 0 Å². The van der Waals surface area contributed by atoms with Gasteiger partial charge in [0.05, 0.1) is 0 Å². The fraction of sp³-hybridized carbons (Fsp3) is 0.389. The molecule has 0 aliphatic carbocycles. The molecule has 2 heterocycles. The minimum Gasteiger partial charge on any atom is -0.349 e. The summed E-state index contributed by atoms with van der Waals surface area (Å²) in [4.78, 5) is 35.7. The SMILES string of the molecule is C#CCCC1(CCNC(=O)C(=O)c2ccc3c(c2)CCC(=O)N3)N=N1. The number of ketones is 1. The molecule has 2 aliphatic heterocycles. The Morgan fingerprint density at radius 1 is 1.28 bits per heavy atom. The highest BCUT2D eigenvalue weighted by Crippen LogP contribution is 2.36. The van der Waals surface area contributed by atoms with Gasteiger partial charge in [-0.25, -0.2) is 0 Å². The predicted molar refractivity (Wildman–Crippen MR) is 91.0 cm³/mol. The molecule has 7 nitrogen and oxygen atoms in total. The highest BCUT2D eigenvalue weighted by molar-refractivity contribution is 6.42. The molecule has 7 heteroatoms. The van der Waals surface area contributed by atoms with Gasteiger partial charge in [-0.05, 0) is 30.2 Å². The molecule has 25 heavy (non-hydrogen) atoms. The van der Waals surface area contributed by atoms with E-state index >= 15 is 0 Å². The molecule has 0 fully saturated rings. The molecule has 0 unspecified atom stereocenters. The van der Waals surface area contributed by atoms with Crippen LogP contribution in [0, 0.1) is 12.3 Å². The Kier molecular flexibility index (Phi) is 4.61. The molecule has 2 aliphatic rings. The predicted octanol–water partition coefficient (Wildman–Crippen LogP) is 1.84. The van der Waals surface area contributed by atoms with Crippen molar-refractivity contribution in [2.24, 2.45) is 10.2 Å². The summed E-state index contributed by atoms with van der Waals surface area (Å²) in [6.07, 6.45) is 7.93. The number of fused-ring (bicyclic) bond motifs is 1. The van der Waals surface area contributed by atoms with E-state index in [0.29, 0.717) is 49.9 Å². The van der Waals surface area contributed by atoms with Gasteiger partial charge in [-0.2, -0.15) is 10.2 Å². The minimum absolute atomic E-state index is 0.0426. The summed E-state index contributed by atoms with van der Waals surface area (Å²) >= 11 is 0. The highest BCUT2D eigenvalue weighted by atomic mass is 16.2. The zero-order chi connectivity index (χ0) is 17.9. The monoisotopic (exact) mass is 338 g/mol. The Morgan fingerprint density at radius 3 is 2.80 bits per heavy atom. The van der Waals surface area contributed by atoms with Crippen LogP contribution in [0.15, 0.2) is 28.4 Å². The number of carbonyl (C=O) groups is 3. The van der Waals surface area contributed by atoms with Crippen LogP contribution in [0.5, 0.6) is 0 Å². The number of nitrogens with zero attached hydrogens (tertiary/aromatic N) is 2. The van der Waals surface area contributed by atoms with Crippen LogP contribution in [0.3, 0.4) is 0 Å². The topological polar surface area (TPSA) is 100.0 Å². The first-order valence-electron chi connectivity index (χ1n) is 8.16. The van der Waals surface area contributed by atoms with E-state index in [1.165, 1.54) is 0 Å². The fourth-order valence-corrected chi connectivity index (χ4v) is 2.78. The van der Waals surface area contributed by atoms with Gasteiger partial charge in [0.15, 0.2) is 5.66 Å². The summed E-state index contributed by atoms with van der Waals surface area (Å²) in [7, 11) is 0. The Labute approximate surface area is 145 Å². The van der Waals surface area contributed by atoms with Crippen molar-refractivity contribution >= 4 is 23.3 Å². The molecule has 2 N–H and O–H groups in total. The van der Waals surface area contributed by atoms with Crippen molar-refractivity contribution in [2.45, 2.75) is 37.8 Å². The molecule has 1 aromatic carbocycles. The molecule has 2 amide bonds. The lowest BCUT2D eigenvalue weighted by molar-refractivity contribution is -0.117. The van der Waals surface area contributed by atoms with Crippen molar-refractivity contribution in [3.05, 3.63) is 29.3 Å². The molecule has 1 aromatic rings. The average Bonchev–Trinajstić information content (AvgIpc) is 3.39. The summed E-state index contributed by atoms with van der Waals surface area (Å²) in [6.45, 7) is 0.309. The van der Waals surface area contributed by atoms with Gasteiger partial charge in [-0.3, -0.25) is 14.4 Å². The Hall–Kier alpha value is -3.01. The van der Waals surface area contributed by atoms with Crippen LogP contribution in [0.1, 0.15) is 41.6 Å². The van der Waals surface area contributed by atoms with Crippen LogP contribution in [0.2, 0.25) is 0 Å². The quantitative estimate of drug-likeness (QED) is 0.451. The molecule has 0 bridgehead atoms. The zero-order valence-electron chi connectivity index (χ0n) is 13.7. The zero-order valence-corrected chi connectivity index (χ0v) is 13.7. The highest BCUT2D eigenvalue weighted by Gasteiger charge is 2.38. The second kappa shape index (κ2) is 6.85. The van der Waals surface area contributed by atoms with Crippen LogP contribution >= 0.6 is 0 Å². The molecule has 128 valence electrons. The molecule has 0 spiro atoms. The number of hydrogen-bond donors (Lipinski definition) is 2. The number of benzene rings is 1. The van der Waals surface area contributed by atoms with Gasteiger partial charge in [0.1, 0.15) is 0 Å². The van der Waals surface area contributed by atoms with Gasteiger partial charge in [0.2, 0.25) is 11.7 Å². The van der Waals surface area contributed by atoms with Crippen molar-refractivity contribution in [3.8, 4) is 12.3 Å². The smallest absolute Gasteiger partial charge is 0.292 e. The third-order valence-corrected chi connectivity index (χ3v) is 4.33. The first-order valence-corrected chi connectivity index (χ1v) is 8.16. The lowest BCUT2D eigenvalue weighted by Gasteiger charge is -2.17. The fourth-order valence-electron chi connectivity index (χ4n) is 2.78. The largest absolute Gasteiger partial charge is 0.349 e. The van der Waals surface area contributed by atoms with E-state index in [4.69, 9.17) is 6.42 Å². The number of carbonyl (C=O) groups excluding carboxylic acids is 3. The van der Waals surface area contributed by atoms with Gasteiger partial charge in [-0.1, -0.05) is 0 Å². The number of nitrogens with one attached hydrogen (secondary N) is 2. The maximum Gasteiger partial charge on any atom is 0.292 e. The van der Waals surface area contributed by atoms with Crippen LogP contribution < -0.4 is 10.6 Å². The van der Waals surface area contributed by atoms with E-state index in [2.05, 4.69) is 26.8 Å². The molecular formula is C18H18N4O3. The number of hydrogen-bond acceptors (Lipinski definition) is 5. The van der Waals surface area contributed by atoms with Crippen molar-refractivity contribution in [1.82, 2.24) is 5.32 Å². The van der Waals surface area contributed by atoms with Gasteiger partial charge in [0.25, 0.3) is 5.91 Å². The van der Waals surface area contributed by atoms with Crippen molar-refractivity contribution in [1.29, 1.82) is 0 Å². The average molecular weight is 338 g/mol. The molecule has 0 aromatic heterocycles. The van der Waals surface area contributed by atoms with Gasteiger partial charge in [-0.15, -0.1) is 12.3 Å². The summed E-state index contributed by atoms with van der Waals surface area (Å²) in [5, 5.41) is 13.3. The van der Waals surface area contributed by atoms with Crippen LogP contribution in [-0.4, -0.2) is 29.8 Å². The van der Waals surface area contributed by atoms with E-state index < -0.39 is 17.4 Å². The van der Waals surface area contributed by atoms with E-state index in [1.54, 1.807) is 18.2 Å². The molecule has 3 rings (SSSR count). The number of amides is 2. The third-order valence-electron chi connectivity index (χ3n) is 4.33. The van der Waals surface area contributed by atoms with Crippen LogP contribution in [0.4, 0.5) is 5.69 Å². The van der Waals surface area contributed by atoms with E-state index in [9.17, 15) is 14.4 Å². The lowest BCUT2D eigenvalue weighted by atomic mass is 9.98. The molecule has 0 radical (unpaired) electrons. The van der Waals surface area contributed by atoms with Crippen LogP contribution in [-0.2, 0) is 16.0 Å². The van der Waals surface area contributed by atoms with Crippen molar-refractivity contribution < 1.29 is 14.4 Å². The van der Waals surface area contributed by atoms with Gasteiger partial charge < -0.3 is 10.6 Å². The molecular weight excluding hydrogens is 320 g/mol. The standard InChI is InChI=1S/C18H18N4O3/c1-2-3-8-18(21-22-18)9-10-19-17(25)16(24)13-4-6-14-12(11-13)5-7-15(23)20-14/h1,4,6,11H,3,5,7-10H2,(H,19,25)(H,20,23). The molecule has 0 saturated heterocycles. The Bertz CT molecular complexity index is 801. The number of terminal acetylenes is 1. The summed E-state index contributed by atoms with van der Waals surface area (Å²) < 4.78 is 0. The summed E-state index contributed by atoms with van der Waals surface area (Å²) in [6, 6.07) is 4.87. The summed E-state index contributed by atoms with van der Waals surface area (Å²) in [5.41, 5.74) is 1.39. The first-order chi connectivity index (χ1) is 12.0. The van der Waals surface area contributed by atoms with Gasteiger partial charge in [0, 0.05) is 43.5 Å². The minimum atomic E-state index is -0.660. The van der Waals surface area contributed by atoms with Crippen molar-refractivity contribution in [3.63, 3.8) is 0 Å². The normalized spacial score (nSPS) is 16.4. The van der Waals surface area contributed by atoms with E-state index in [0.717, 1.165) is 5.56 Å². The lowest BCUT2D eigenvalue weighted by Crippen LogP contribution is -2.34. The van der Waals surface area contributed by atoms with Crippen molar-refractivity contribution in [2.75, 3.05) is 11.9 Å². The Morgan fingerprint density at radius 2 is 2.08 bits per heavy atom. The maximum absolute atomic E-state index is 12.3. The second-order valence-corrected chi connectivity index (χ2v) is 6.14. The number of aryl methyl sites for hydroxylation is 1. The number of Topliss-reactive ketones (excluding diaryl/α,β-unsaturated/α-hetero) is 1.